The number of nitrogens with zero attached hydrogens (tertiary/aromatic N) is 1. The van der Waals surface area contributed by atoms with Crippen LogP contribution in [0.25, 0.3) is 0 Å². The number of hydrogen-bond donors (Lipinski definition) is 0. The predicted molar refractivity (Wildman–Crippen MR) is 86.2 cm³/mol. The van der Waals surface area contributed by atoms with E-state index in [0.717, 1.165) is 5.92 Å². The summed E-state index contributed by atoms with van der Waals surface area (Å²) >= 11 is 0. The maximum atomic E-state index is 13.8. The van der Waals surface area contributed by atoms with Gasteiger partial charge < -0.3 is 4.74 Å². The summed E-state index contributed by atoms with van der Waals surface area (Å²) in [4.78, 5) is 0. The average molecular weight is 303 g/mol. The van der Waals surface area contributed by atoms with E-state index in [-0.39, 0.29) is 5.75 Å². The Balaban J connectivity index is 1.72. The third kappa shape index (κ3) is 5.02. The number of rotatable bonds is 7. The van der Waals surface area contributed by atoms with Crippen molar-refractivity contribution in [2.24, 2.45) is 11.8 Å². The molecule has 1 aliphatic rings. The van der Waals surface area contributed by atoms with Crippen molar-refractivity contribution in [3.63, 3.8) is 0 Å². The van der Waals surface area contributed by atoms with Gasteiger partial charge in [0.05, 0.1) is 18.2 Å². The van der Waals surface area contributed by atoms with Gasteiger partial charge in [-0.05, 0) is 42.9 Å². The fourth-order valence-electron chi connectivity index (χ4n) is 3.26. The molecular weight excluding hydrogens is 277 g/mol. The lowest BCUT2D eigenvalue weighted by Crippen LogP contribution is -2.20. The first-order chi connectivity index (χ1) is 10.7. The van der Waals surface area contributed by atoms with Gasteiger partial charge in [-0.2, -0.15) is 5.26 Å². The maximum Gasteiger partial charge on any atom is 0.166 e. The Hall–Kier alpha value is -1.56. The SMILES string of the molecule is CCCCC[C@H]1CC[C@H](COc2ccc(C#N)cc2F)CC1. The Morgan fingerprint density at radius 3 is 2.55 bits per heavy atom. The van der Waals surface area contributed by atoms with Gasteiger partial charge in [-0.15, -0.1) is 0 Å². The summed E-state index contributed by atoms with van der Waals surface area (Å²) in [5.74, 6) is 1.25. The summed E-state index contributed by atoms with van der Waals surface area (Å²) in [5, 5.41) is 8.73. The molecule has 1 aromatic carbocycles. The van der Waals surface area contributed by atoms with E-state index in [1.807, 2.05) is 6.07 Å². The molecule has 1 aliphatic carbocycles. The summed E-state index contributed by atoms with van der Waals surface area (Å²) in [7, 11) is 0. The van der Waals surface area contributed by atoms with Gasteiger partial charge in [0.2, 0.25) is 0 Å². The summed E-state index contributed by atoms with van der Waals surface area (Å²) < 4.78 is 19.4. The van der Waals surface area contributed by atoms with E-state index < -0.39 is 5.82 Å². The first kappa shape index (κ1) is 16.8. The van der Waals surface area contributed by atoms with Gasteiger partial charge in [0.15, 0.2) is 11.6 Å². The highest BCUT2D eigenvalue weighted by Crippen LogP contribution is 2.32. The standard InChI is InChI=1S/C19H26FNO/c1-2-3-4-5-15-6-8-16(9-7-15)14-22-19-11-10-17(13-21)12-18(19)20/h10-12,15-16H,2-9,14H2,1H3/t15-,16-. The summed E-state index contributed by atoms with van der Waals surface area (Å²) in [6.45, 7) is 2.83. The second kappa shape index (κ2) is 8.78. The molecule has 0 aliphatic heterocycles. The molecule has 0 saturated heterocycles. The van der Waals surface area contributed by atoms with E-state index in [0.29, 0.717) is 18.1 Å². The molecule has 0 aromatic heterocycles. The zero-order valence-corrected chi connectivity index (χ0v) is 13.5. The lowest BCUT2D eigenvalue weighted by atomic mass is 9.80. The lowest BCUT2D eigenvalue weighted by molar-refractivity contribution is 0.173. The van der Waals surface area contributed by atoms with Crippen molar-refractivity contribution in [2.75, 3.05) is 6.61 Å². The fraction of sp³-hybridized carbons (Fsp3) is 0.632. The summed E-state index contributed by atoms with van der Waals surface area (Å²) in [6, 6.07) is 6.33. The Kier molecular flexibility index (Phi) is 6.71. The quantitative estimate of drug-likeness (QED) is 0.626. The number of halogens is 1. The summed E-state index contributed by atoms with van der Waals surface area (Å²) in [5.41, 5.74) is 0.331. The van der Waals surface area contributed by atoms with Gasteiger partial charge in [-0.25, -0.2) is 4.39 Å². The Bertz CT molecular complexity index is 501. The zero-order chi connectivity index (χ0) is 15.8. The Morgan fingerprint density at radius 2 is 1.91 bits per heavy atom. The fourth-order valence-corrected chi connectivity index (χ4v) is 3.26. The maximum absolute atomic E-state index is 13.8. The number of unbranched alkanes of at least 4 members (excludes halogenated alkanes) is 2. The third-order valence-electron chi connectivity index (χ3n) is 4.72. The van der Waals surface area contributed by atoms with Crippen LogP contribution in [0.15, 0.2) is 18.2 Å². The number of benzene rings is 1. The molecule has 1 saturated carbocycles. The van der Waals surface area contributed by atoms with Gasteiger partial charge >= 0.3 is 0 Å². The minimum absolute atomic E-state index is 0.268. The first-order valence-electron chi connectivity index (χ1n) is 8.55. The van der Waals surface area contributed by atoms with Crippen molar-refractivity contribution in [3.05, 3.63) is 29.6 Å². The Labute approximate surface area is 133 Å². The lowest BCUT2D eigenvalue weighted by Gasteiger charge is -2.28. The van der Waals surface area contributed by atoms with Gasteiger partial charge in [0, 0.05) is 0 Å². The number of nitriles is 1. The molecular formula is C19H26FNO. The van der Waals surface area contributed by atoms with Crippen LogP contribution in [-0.4, -0.2) is 6.61 Å². The molecule has 1 aromatic rings. The molecule has 3 heteroatoms. The molecule has 22 heavy (non-hydrogen) atoms. The molecule has 0 bridgehead atoms. The van der Waals surface area contributed by atoms with E-state index >= 15 is 0 Å². The highest BCUT2D eigenvalue weighted by Gasteiger charge is 2.21. The van der Waals surface area contributed by atoms with E-state index in [2.05, 4.69) is 6.92 Å². The van der Waals surface area contributed by atoms with E-state index in [9.17, 15) is 4.39 Å². The number of hydrogen-bond acceptors (Lipinski definition) is 2. The smallest absolute Gasteiger partial charge is 0.166 e. The largest absolute Gasteiger partial charge is 0.490 e. The minimum Gasteiger partial charge on any atom is -0.490 e. The van der Waals surface area contributed by atoms with Crippen LogP contribution in [-0.2, 0) is 0 Å². The van der Waals surface area contributed by atoms with Crippen molar-refractivity contribution >= 4 is 0 Å². The van der Waals surface area contributed by atoms with Gasteiger partial charge in [-0.3, -0.25) is 0 Å². The second-order valence-corrected chi connectivity index (χ2v) is 6.45. The molecule has 0 atom stereocenters. The van der Waals surface area contributed by atoms with Crippen molar-refractivity contribution in [1.82, 2.24) is 0 Å². The number of ether oxygens (including phenoxy) is 1. The normalized spacial score (nSPS) is 21.3. The first-order valence-corrected chi connectivity index (χ1v) is 8.55. The van der Waals surface area contributed by atoms with E-state index in [1.54, 1.807) is 12.1 Å². The van der Waals surface area contributed by atoms with Crippen molar-refractivity contribution in [1.29, 1.82) is 5.26 Å². The van der Waals surface area contributed by atoms with E-state index in [1.165, 1.54) is 57.4 Å². The van der Waals surface area contributed by atoms with E-state index in [4.69, 9.17) is 10.00 Å². The molecule has 0 unspecified atom stereocenters. The van der Waals surface area contributed by atoms with Crippen LogP contribution < -0.4 is 4.74 Å². The predicted octanol–water partition coefficient (Wildman–Crippen LogP) is 5.46. The van der Waals surface area contributed by atoms with Crippen LogP contribution in [0.4, 0.5) is 4.39 Å². The summed E-state index contributed by atoms with van der Waals surface area (Å²) in [6.07, 6.45) is 10.3. The highest BCUT2D eigenvalue weighted by molar-refractivity contribution is 5.35. The Morgan fingerprint density at radius 1 is 1.18 bits per heavy atom. The van der Waals surface area contributed by atoms with Crippen molar-refractivity contribution in [2.45, 2.75) is 58.3 Å². The minimum atomic E-state index is -0.438. The highest BCUT2D eigenvalue weighted by atomic mass is 19.1. The van der Waals surface area contributed by atoms with Crippen LogP contribution in [0.2, 0.25) is 0 Å². The van der Waals surface area contributed by atoms with Gasteiger partial charge in [0.1, 0.15) is 0 Å². The monoisotopic (exact) mass is 303 g/mol. The molecule has 2 nitrogen and oxygen atoms in total. The van der Waals surface area contributed by atoms with Crippen LogP contribution >= 0.6 is 0 Å². The van der Waals surface area contributed by atoms with Gasteiger partial charge in [0.25, 0.3) is 0 Å². The van der Waals surface area contributed by atoms with Gasteiger partial charge in [-0.1, -0.05) is 45.4 Å². The second-order valence-electron chi connectivity index (χ2n) is 6.45. The van der Waals surface area contributed by atoms with Crippen LogP contribution in [0, 0.1) is 29.0 Å². The molecule has 2 rings (SSSR count). The van der Waals surface area contributed by atoms with Crippen LogP contribution in [0.1, 0.15) is 63.9 Å². The topological polar surface area (TPSA) is 33.0 Å². The molecule has 0 N–H and O–H groups in total. The third-order valence-corrected chi connectivity index (χ3v) is 4.72. The molecule has 120 valence electrons. The van der Waals surface area contributed by atoms with Crippen LogP contribution in [0.3, 0.4) is 0 Å². The van der Waals surface area contributed by atoms with Crippen LogP contribution in [0.5, 0.6) is 5.75 Å². The molecule has 0 amide bonds. The molecule has 0 heterocycles. The molecule has 0 spiro atoms. The average Bonchev–Trinajstić information content (AvgIpc) is 2.55. The molecule has 1 fully saturated rings. The van der Waals surface area contributed by atoms with Crippen molar-refractivity contribution < 1.29 is 9.13 Å². The molecule has 0 radical (unpaired) electrons. The van der Waals surface area contributed by atoms with Crippen molar-refractivity contribution in [3.8, 4) is 11.8 Å². The zero-order valence-electron chi connectivity index (χ0n) is 13.5.